The van der Waals surface area contributed by atoms with Crippen LogP contribution in [0.15, 0.2) is 64.8 Å². The second-order valence-electron chi connectivity index (χ2n) is 4.04. The Morgan fingerprint density at radius 1 is 1.06 bits per heavy atom. The summed E-state index contributed by atoms with van der Waals surface area (Å²) in [6, 6.07) is 7.36. The first-order valence-corrected chi connectivity index (χ1v) is 5.35. The van der Waals surface area contributed by atoms with E-state index in [-0.39, 0.29) is 0 Å². The summed E-state index contributed by atoms with van der Waals surface area (Å²) in [6.45, 7) is 5.89. The fourth-order valence-corrected chi connectivity index (χ4v) is 1.54. The van der Waals surface area contributed by atoms with E-state index in [1.165, 1.54) is 0 Å². The Morgan fingerprint density at radius 3 is 2.35 bits per heavy atom. The van der Waals surface area contributed by atoms with Crippen molar-refractivity contribution < 1.29 is 0 Å². The molecular formula is C14H15N3. The van der Waals surface area contributed by atoms with E-state index in [0.717, 1.165) is 28.2 Å². The van der Waals surface area contributed by atoms with Gasteiger partial charge in [0.15, 0.2) is 0 Å². The number of nitrogens with two attached hydrogens (primary N) is 2. The van der Waals surface area contributed by atoms with Crippen molar-refractivity contribution >= 4 is 17.1 Å². The predicted octanol–water partition coefficient (Wildman–Crippen LogP) is 2.70. The monoisotopic (exact) mass is 225 g/mol. The molecule has 17 heavy (non-hydrogen) atoms. The lowest BCUT2D eigenvalue weighted by atomic mass is 9.99. The molecule has 1 aromatic rings. The fourth-order valence-electron chi connectivity index (χ4n) is 1.54. The van der Waals surface area contributed by atoms with Gasteiger partial charge in [-0.15, -0.1) is 0 Å². The van der Waals surface area contributed by atoms with E-state index in [2.05, 4.69) is 11.6 Å². The molecular weight excluding hydrogens is 210 g/mol. The van der Waals surface area contributed by atoms with Gasteiger partial charge in [-0.3, -0.25) is 0 Å². The Hall–Kier alpha value is -2.29. The van der Waals surface area contributed by atoms with Gasteiger partial charge in [0.05, 0.1) is 17.1 Å². The second kappa shape index (κ2) is 4.29. The molecule has 0 amide bonds. The first-order chi connectivity index (χ1) is 8.06. The standard InChI is InChI=1S/C14H15N3/c1-9-7-13(16)14(8-10(9)2)17-12-5-3-11(15)4-6-12/h3-8H,1,15-16H2,2H3. The average molecular weight is 225 g/mol. The van der Waals surface area contributed by atoms with E-state index in [0.29, 0.717) is 5.70 Å². The smallest absolute Gasteiger partial charge is 0.0869 e. The number of rotatable bonds is 1. The van der Waals surface area contributed by atoms with Crippen molar-refractivity contribution in [1.82, 2.24) is 0 Å². The zero-order chi connectivity index (χ0) is 12.4. The van der Waals surface area contributed by atoms with Crippen molar-refractivity contribution in [3.63, 3.8) is 0 Å². The highest BCUT2D eigenvalue weighted by Crippen LogP contribution is 2.20. The summed E-state index contributed by atoms with van der Waals surface area (Å²) in [5.74, 6) is 0. The highest BCUT2D eigenvalue weighted by Gasteiger charge is 2.09. The van der Waals surface area contributed by atoms with Crippen LogP contribution in [0.3, 0.4) is 0 Å². The van der Waals surface area contributed by atoms with Crippen LogP contribution in [0, 0.1) is 0 Å². The Labute approximate surface area is 101 Å². The lowest BCUT2D eigenvalue weighted by molar-refractivity contribution is 1.34. The minimum Gasteiger partial charge on any atom is -0.399 e. The fraction of sp³-hybridized carbons (Fsp3) is 0.0714. The minimum absolute atomic E-state index is 0.637. The number of benzene rings is 1. The van der Waals surface area contributed by atoms with E-state index < -0.39 is 0 Å². The minimum atomic E-state index is 0.637. The maximum Gasteiger partial charge on any atom is 0.0869 e. The summed E-state index contributed by atoms with van der Waals surface area (Å²) in [5.41, 5.74) is 16.5. The predicted molar refractivity (Wildman–Crippen MR) is 73.1 cm³/mol. The topological polar surface area (TPSA) is 64.4 Å². The molecule has 0 radical (unpaired) electrons. The molecule has 4 N–H and O–H groups in total. The summed E-state index contributed by atoms with van der Waals surface area (Å²) < 4.78 is 0. The molecule has 3 heteroatoms. The number of allylic oxidation sites excluding steroid dienone is 4. The quantitative estimate of drug-likeness (QED) is 0.722. The normalized spacial score (nSPS) is 17.9. The molecule has 0 saturated carbocycles. The molecule has 0 aromatic heterocycles. The molecule has 3 nitrogen and oxygen atoms in total. The third-order valence-corrected chi connectivity index (χ3v) is 2.63. The van der Waals surface area contributed by atoms with Gasteiger partial charge >= 0.3 is 0 Å². The van der Waals surface area contributed by atoms with Crippen molar-refractivity contribution in [2.75, 3.05) is 5.73 Å². The van der Waals surface area contributed by atoms with Crippen LogP contribution in [0.2, 0.25) is 0 Å². The van der Waals surface area contributed by atoms with Crippen molar-refractivity contribution in [3.8, 4) is 0 Å². The van der Waals surface area contributed by atoms with Gasteiger partial charge in [0, 0.05) is 5.69 Å². The van der Waals surface area contributed by atoms with Crippen LogP contribution in [0.5, 0.6) is 0 Å². The molecule has 0 saturated heterocycles. The third kappa shape index (κ3) is 2.45. The third-order valence-electron chi connectivity index (χ3n) is 2.63. The summed E-state index contributed by atoms with van der Waals surface area (Å²) >= 11 is 0. The van der Waals surface area contributed by atoms with E-state index in [4.69, 9.17) is 11.5 Å². The van der Waals surface area contributed by atoms with Crippen LogP contribution in [-0.2, 0) is 0 Å². The first kappa shape index (κ1) is 11.2. The number of nitrogen functional groups attached to an aromatic ring is 1. The molecule has 2 rings (SSSR count). The summed E-state index contributed by atoms with van der Waals surface area (Å²) in [5, 5.41) is 0. The summed E-state index contributed by atoms with van der Waals surface area (Å²) in [7, 11) is 0. The molecule has 1 aliphatic carbocycles. The number of nitrogens with zero attached hydrogens (tertiary/aromatic N) is 1. The summed E-state index contributed by atoms with van der Waals surface area (Å²) in [4.78, 5) is 4.48. The Morgan fingerprint density at radius 2 is 1.71 bits per heavy atom. The first-order valence-electron chi connectivity index (χ1n) is 5.35. The van der Waals surface area contributed by atoms with Crippen LogP contribution in [0.25, 0.3) is 0 Å². The molecule has 1 aliphatic rings. The zero-order valence-corrected chi connectivity index (χ0v) is 9.77. The summed E-state index contributed by atoms with van der Waals surface area (Å²) in [6.07, 6.45) is 3.78. The van der Waals surface area contributed by atoms with Crippen molar-refractivity contribution in [2.24, 2.45) is 10.7 Å². The van der Waals surface area contributed by atoms with Crippen molar-refractivity contribution in [1.29, 1.82) is 0 Å². The Bertz CT molecular complexity index is 545. The number of hydrogen-bond donors (Lipinski definition) is 2. The van der Waals surface area contributed by atoms with Crippen LogP contribution in [0.4, 0.5) is 11.4 Å². The highest BCUT2D eigenvalue weighted by molar-refractivity contribution is 6.11. The van der Waals surface area contributed by atoms with Crippen LogP contribution < -0.4 is 11.5 Å². The molecule has 0 atom stereocenters. The zero-order valence-electron chi connectivity index (χ0n) is 9.77. The molecule has 1 aromatic carbocycles. The van der Waals surface area contributed by atoms with Crippen LogP contribution >= 0.6 is 0 Å². The number of hydrogen-bond acceptors (Lipinski definition) is 3. The highest BCUT2D eigenvalue weighted by atomic mass is 14.8. The van der Waals surface area contributed by atoms with E-state index in [1.54, 1.807) is 0 Å². The second-order valence-corrected chi connectivity index (χ2v) is 4.04. The van der Waals surface area contributed by atoms with Gasteiger partial charge in [-0.25, -0.2) is 4.99 Å². The maximum absolute atomic E-state index is 5.91. The van der Waals surface area contributed by atoms with Crippen molar-refractivity contribution in [3.05, 3.63) is 59.8 Å². The van der Waals surface area contributed by atoms with E-state index in [1.807, 2.05) is 43.3 Å². The lowest BCUT2D eigenvalue weighted by Gasteiger charge is -2.12. The van der Waals surface area contributed by atoms with Crippen molar-refractivity contribution in [2.45, 2.75) is 6.92 Å². The molecule has 0 aliphatic heterocycles. The number of aliphatic imine (C=N–C) groups is 1. The Kier molecular flexibility index (Phi) is 2.83. The van der Waals surface area contributed by atoms with Gasteiger partial charge in [0.2, 0.25) is 0 Å². The molecule has 0 bridgehead atoms. The Balaban J connectivity index is 2.37. The van der Waals surface area contributed by atoms with Gasteiger partial charge < -0.3 is 11.5 Å². The van der Waals surface area contributed by atoms with Gasteiger partial charge in [0.1, 0.15) is 0 Å². The lowest BCUT2D eigenvalue weighted by Crippen LogP contribution is -2.13. The van der Waals surface area contributed by atoms with Gasteiger partial charge in [0.25, 0.3) is 0 Å². The molecule has 86 valence electrons. The molecule has 0 spiro atoms. The van der Waals surface area contributed by atoms with E-state index >= 15 is 0 Å². The molecule has 0 unspecified atom stereocenters. The molecule has 0 heterocycles. The van der Waals surface area contributed by atoms with Gasteiger partial charge in [-0.1, -0.05) is 6.58 Å². The van der Waals surface area contributed by atoms with Crippen LogP contribution in [-0.4, -0.2) is 5.71 Å². The SMILES string of the molecule is C=C1C=C(N)C(=Nc2ccc(N)cc2)C=C1C. The maximum atomic E-state index is 5.91. The largest absolute Gasteiger partial charge is 0.399 e. The molecule has 0 fully saturated rings. The van der Waals surface area contributed by atoms with Gasteiger partial charge in [-0.05, 0) is 54.5 Å². The van der Waals surface area contributed by atoms with Gasteiger partial charge in [-0.2, -0.15) is 0 Å². The average Bonchev–Trinajstić information content (AvgIpc) is 2.29. The van der Waals surface area contributed by atoms with Crippen LogP contribution in [0.1, 0.15) is 6.92 Å². The number of anilines is 1. The van der Waals surface area contributed by atoms with E-state index in [9.17, 15) is 0 Å².